The van der Waals surface area contributed by atoms with Gasteiger partial charge in [-0.25, -0.2) is 0 Å². The number of nitrogens with one attached hydrogen (secondary N) is 1. The number of amides is 2. The highest BCUT2D eigenvalue weighted by molar-refractivity contribution is 6.30. The SMILES string of the molecule is O=C(CCCC(=O)N1CCCC2CCCCC21)NCCc1ccc(Cl)cc1. The predicted octanol–water partition coefficient (Wildman–Crippen LogP) is 4.35. The molecular formula is C22H31ClN2O2. The molecule has 2 atom stereocenters. The van der Waals surface area contributed by atoms with E-state index >= 15 is 0 Å². The van der Waals surface area contributed by atoms with E-state index in [1.54, 1.807) is 0 Å². The number of rotatable bonds is 7. The summed E-state index contributed by atoms with van der Waals surface area (Å²) in [6.45, 7) is 1.53. The standard InChI is InChI=1S/C22H31ClN2O2/c23-19-12-10-17(11-13-19)14-15-24-21(26)8-3-9-22(27)25-16-4-6-18-5-1-2-7-20(18)25/h10-13,18,20H,1-9,14-16H2,(H,24,26). The van der Waals surface area contributed by atoms with Crippen LogP contribution in [0.15, 0.2) is 24.3 Å². The fourth-order valence-electron chi connectivity index (χ4n) is 4.56. The molecule has 4 nitrogen and oxygen atoms in total. The van der Waals surface area contributed by atoms with E-state index in [1.807, 2.05) is 24.3 Å². The zero-order valence-electron chi connectivity index (χ0n) is 16.1. The molecule has 2 unspecified atom stereocenters. The number of nitrogens with zero attached hydrogens (tertiary/aromatic N) is 1. The number of halogens is 1. The van der Waals surface area contributed by atoms with Crippen molar-refractivity contribution in [3.63, 3.8) is 0 Å². The van der Waals surface area contributed by atoms with E-state index in [-0.39, 0.29) is 11.8 Å². The smallest absolute Gasteiger partial charge is 0.222 e. The molecule has 1 aliphatic heterocycles. The van der Waals surface area contributed by atoms with Crippen LogP contribution in [0.1, 0.15) is 63.4 Å². The minimum Gasteiger partial charge on any atom is -0.356 e. The molecule has 0 spiro atoms. The first-order valence-electron chi connectivity index (χ1n) is 10.4. The van der Waals surface area contributed by atoms with E-state index in [0.29, 0.717) is 37.8 Å². The van der Waals surface area contributed by atoms with Crippen molar-refractivity contribution in [2.45, 2.75) is 70.3 Å². The first-order valence-corrected chi connectivity index (χ1v) is 10.8. The molecule has 5 heteroatoms. The van der Waals surface area contributed by atoms with Crippen LogP contribution in [-0.2, 0) is 16.0 Å². The normalized spacial score (nSPS) is 22.2. The third kappa shape index (κ3) is 5.97. The van der Waals surface area contributed by atoms with Gasteiger partial charge in [0.15, 0.2) is 0 Å². The van der Waals surface area contributed by atoms with Gasteiger partial charge in [0.25, 0.3) is 0 Å². The van der Waals surface area contributed by atoms with Crippen LogP contribution in [0.25, 0.3) is 0 Å². The Hall–Kier alpha value is -1.55. The van der Waals surface area contributed by atoms with Crippen molar-refractivity contribution >= 4 is 23.4 Å². The van der Waals surface area contributed by atoms with Crippen molar-refractivity contribution in [1.82, 2.24) is 10.2 Å². The van der Waals surface area contributed by atoms with Gasteiger partial charge in [0.05, 0.1) is 0 Å². The number of hydrogen-bond acceptors (Lipinski definition) is 2. The molecule has 1 aliphatic carbocycles. The lowest BCUT2D eigenvalue weighted by atomic mass is 9.78. The van der Waals surface area contributed by atoms with E-state index < -0.39 is 0 Å². The maximum Gasteiger partial charge on any atom is 0.222 e. The van der Waals surface area contributed by atoms with Crippen molar-refractivity contribution in [2.75, 3.05) is 13.1 Å². The second-order valence-electron chi connectivity index (χ2n) is 7.92. The summed E-state index contributed by atoms with van der Waals surface area (Å²) in [5.74, 6) is 0.999. The summed E-state index contributed by atoms with van der Waals surface area (Å²) in [5.41, 5.74) is 1.15. The third-order valence-electron chi connectivity index (χ3n) is 6.01. The number of carbonyl (C=O) groups is 2. The predicted molar refractivity (Wildman–Crippen MR) is 109 cm³/mol. The summed E-state index contributed by atoms with van der Waals surface area (Å²) in [5, 5.41) is 3.67. The van der Waals surface area contributed by atoms with Crippen molar-refractivity contribution in [1.29, 1.82) is 0 Å². The average Bonchev–Trinajstić information content (AvgIpc) is 2.69. The first kappa shape index (κ1) is 20.2. The van der Waals surface area contributed by atoms with Gasteiger partial charge in [0.2, 0.25) is 11.8 Å². The molecule has 0 bridgehead atoms. The molecule has 0 radical (unpaired) electrons. The molecule has 2 fully saturated rings. The number of benzene rings is 1. The Bertz CT molecular complexity index is 630. The molecule has 1 aromatic carbocycles. The number of piperidine rings is 1. The fraction of sp³-hybridized carbons (Fsp3) is 0.636. The molecule has 1 saturated heterocycles. The van der Waals surface area contributed by atoms with Crippen LogP contribution in [0.3, 0.4) is 0 Å². The van der Waals surface area contributed by atoms with Gasteiger partial charge in [-0.15, -0.1) is 0 Å². The van der Waals surface area contributed by atoms with E-state index in [4.69, 9.17) is 11.6 Å². The highest BCUT2D eigenvalue weighted by Crippen LogP contribution is 2.35. The van der Waals surface area contributed by atoms with E-state index in [2.05, 4.69) is 10.2 Å². The lowest BCUT2D eigenvalue weighted by molar-refractivity contribution is -0.137. The molecule has 2 amide bonds. The lowest BCUT2D eigenvalue weighted by Crippen LogP contribution is -2.49. The van der Waals surface area contributed by atoms with Crippen LogP contribution in [0, 0.1) is 5.92 Å². The summed E-state index contributed by atoms with van der Waals surface area (Å²) in [4.78, 5) is 26.8. The van der Waals surface area contributed by atoms with Gasteiger partial charge in [0.1, 0.15) is 0 Å². The maximum absolute atomic E-state index is 12.6. The molecule has 1 saturated carbocycles. The molecule has 1 aromatic rings. The van der Waals surface area contributed by atoms with Crippen LogP contribution in [-0.4, -0.2) is 35.8 Å². The zero-order chi connectivity index (χ0) is 19.1. The Labute approximate surface area is 167 Å². The van der Waals surface area contributed by atoms with Crippen molar-refractivity contribution < 1.29 is 9.59 Å². The lowest BCUT2D eigenvalue weighted by Gasteiger charge is -2.44. The summed E-state index contributed by atoms with van der Waals surface area (Å²) in [7, 11) is 0. The largest absolute Gasteiger partial charge is 0.356 e. The number of carbonyl (C=O) groups excluding carboxylic acids is 2. The Balaban J connectivity index is 1.33. The first-order chi connectivity index (χ1) is 13.1. The zero-order valence-corrected chi connectivity index (χ0v) is 16.8. The average molecular weight is 391 g/mol. The quantitative estimate of drug-likeness (QED) is 0.752. The minimum absolute atomic E-state index is 0.0333. The van der Waals surface area contributed by atoms with Crippen LogP contribution in [0.5, 0.6) is 0 Å². The van der Waals surface area contributed by atoms with Gasteiger partial charge in [-0.3, -0.25) is 9.59 Å². The molecular weight excluding hydrogens is 360 g/mol. The Kier molecular flexibility index (Phi) is 7.57. The molecule has 2 aliphatic rings. The van der Waals surface area contributed by atoms with Crippen LogP contribution >= 0.6 is 11.6 Å². The molecule has 148 valence electrons. The topological polar surface area (TPSA) is 49.4 Å². The molecule has 1 heterocycles. The Morgan fingerprint density at radius 1 is 1.04 bits per heavy atom. The summed E-state index contributed by atoms with van der Waals surface area (Å²) < 4.78 is 0. The third-order valence-corrected chi connectivity index (χ3v) is 6.26. The monoisotopic (exact) mass is 390 g/mol. The Morgan fingerprint density at radius 3 is 2.59 bits per heavy atom. The van der Waals surface area contributed by atoms with Crippen molar-refractivity contribution in [2.24, 2.45) is 5.92 Å². The highest BCUT2D eigenvalue weighted by atomic mass is 35.5. The maximum atomic E-state index is 12.6. The van der Waals surface area contributed by atoms with E-state index in [1.165, 1.54) is 32.1 Å². The number of likely N-dealkylation sites (tertiary alicyclic amines) is 1. The Morgan fingerprint density at radius 2 is 1.78 bits per heavy atom. The summed E-state index contributed by atoms with van der Waals surface area (Å²) >= 11 is 5.87. The summed E-state index contributed by atoms with van der Waals surface area (Å²) in [6, 6.07) is 8.14. The second-order valence-corrected chi connectivity index (χ2v) is 8.36. The van der Waals surface area contributed by atoms with Gasteiger partial charge < -0.3 is 10.2 Å². The van der Waals surface area contributed by atoms with E-state index in [0.717, 1.165) is 30.0 Å². The highest BCUT2D eigenvalue weighted by Gasteiger charge is 2.35. The molecule has 1 N–H and O–H groups in total. The van der Waals surface area contributed by atoms with Gasteiger partial charge >= 0.3 is 0 Å². The number of fused-ring (bicyclic) bond motifs is 1. The van der Waals surface area contributed by atoms with Gasteiger partial charge in [-0.2, -0.15) is 0 Å². The van der Waals surface area contributed by atoms with Crippen LogP contribution in [0.4, 0.5) is 0 Å². The molecule has 27 heavy (non-hydrogen) atoms. The van der Waals surface area contributed by atoms with Crippen LogP contribution < -0.4 is 5.32 Å². The second kappa shape index (κ2) is 10.1. The summed E-state index contributed by atoms with van der Waals surface area (Å²) in [6.07, 6.45) is 9.79. The van der Waals surface area contributed by atoms with Gasteiger partial charge in [0, 0.05) is 37.0 Å². The number of hydrogen-bond donors (Lipinski definition) is 1. The van der Waals surface area contributed by atoms with E-state index in [9.17, 15) is 9.59 Å². The molecule has 0 aromatic heterocycles. The van der Waals surface area contributed by atoms with Gasteiger partial charge in [-0.1, -0.05) is 36.6 Å². The van der Waals surface area contributed by atoms with Crippen molar-refractivity contribution in [3.8, 4) is 0 Å². The minimum atomic E-state index is 0.0333. The van der Waals surface area contributed by atoms with Crippen molar-refractivity contribution in [3.05, 3.63) is 34.9 Å². The fourth-order valence-corrected chi connectivity index (χ4v) is 4.69. The van der Waals surface area contributed by atoms with Crippen LogP contribution in [0.2, 0.25) is 5.02 Å². The van der Waals surface area contributed by atoms with Gasteiger partial charge in [-0.05, 0) is 62.1 Å². The molecule has 3 rings (SSSR count).